The lowest BCUT2D eigenvalue weighted by molar-refractivity contribution is -0.127. The maximum Gasteiger partial charge on any atom is 0.323 e. The summed E-state index contributed by atoms with van der Waals surface area (Å²) in [6.07, 6.45) is 0.350. The molecule has 9 heteroatoms. The van der Waals surface area contributed by atoms with Gasteiger partial charge in [0.15, 0.2) is 5.13 Å². The van der Waals surface area contributed by atoms with Gasteiger partial charge >= 0.3 is 6.03 Å². The number of amides is 4. The zero-order chi connectivity index (χ0) is 18.5. The molecule has 1 aromatic heterocycles. The minimum Gasteiger partial charge on any atom is -0.368 e. The molecule has 8 nitrogen and oxygen atoms in total. The van der Waals surface area contributed by atoms with Gasteiger partial charge in [0.25, 0.3) is 0 Å². The second kappa shape index (κ2) is 7.96. The van der Waals surface area contributed by atoms with E-state index in [1.54, 1.807) is 5.38 Å². The predicted octanol–water partition coefficient (Wildman–Crippen LogP) is 0.428. The monoisotopic (exact) mass is 373 g/mol. The average Bonchev–Trinajstić information content (AvgIpc) is 3.23. The summed E-state index contributed by atoms with van der Waals surface area (Å²) in [4.78, 5) is 41.4. The first-order chi connectivity index (χ1) is 12.5. The molecule has 1 saturated heterocycles. The molecule has 0 radical (unpaired) electrons. The van der Waals surface area contributed by atoms with E-state index in [-0.39, 0.29) is 18.4 Å². The highest BCUT2D eigenvalue weighted by molar-refractivity contribution is 7.14. The van der Waals surface area contributed by atoms with Crippen LogP contribution < -0.4 is 21.3 Å². The molecular weight excluding hydrogens is 354 g/mol. The van der Waals surface area contributed by atoms with Gasteiger partial charge in [-0.05, 0) is 5.56 Å². The van der Waals surface area contributed by atoms with Gasteiger partial charge in [-0.25, -0.2) is 9.78 Å². The van der Waals surface area contributed by atoms with Gasteiger partial charge in [-0.1, -0.05) is 30.3 Å². The van der Waals surface area contributed by atoms with Crippen LogP contribution in [0.4, 0.5) is 9.93 Å². The number of carbonyl (C=O) groups is 3. The summed E-state index contributed by atoms with van der Waals surface area (Å²) in [5.41, 5.74) is 6.87. The van der Waals surface area contributed by atoms with Gasteiger partial charge in [0, 0.05) is 24.9 Å². The van der Waals surface area contributed by atoms with E-state index < -0.39 is 11.9 Å². The molecule has 4 N–H and O–H groups in total. The van der Waals surface area contributed by atoms with Crippen LogP contribution in [0.1, 0.15) is 11.3 Å². The van der Waals surface area contributed by atoms with Crippen molar-refractivity contribution in [3.63, 3.8) is 0 Å². The Balaban J connectivity index is 1.59. The molecule has 1 fully saturated rings. The van der Waals surface area contributed by atoms with Gasteiger partial charge in [-0.15, -0.1) is 11.3 Å². The van der Waals surface area contributed by atoms with Crippen LogP contribution in [0, 0.1) is 0 Å². The second-order valence-electron chi connectivity index (χ2n) is 5.89. The summed E-state index contributed by atoms with van der Waals surface area (Å²) in [5.74, 6) is -0.928. The predicted molar refractivity (Wildman–Crippen MR) is 97.8 cm³/mol. The van der Waals surface area contributed by atoms with E-state index in [1.807, 2.05) is 30.3 Å². The number of nitrogens with two attached hydrogens (primary N) is 1. The number of hydrogen-bond donors (Lipinski definition) is 3. The fraction of sp³-hybridized carbons (Fsp3) is 0.294. The summed E-state index contributed by atoms with van der Waals surface area (Å²) < 4.78 is 0. The van der Waals surface area contributed by atoms with Gasteiger partial charge in [0.1, 0.15) is 6.04 Å². The van der Waals surface area contributed by atoms with Crippen LogP contribution in [0.5, 0.6) is 0 Å². The third-order valence-corrected chi connectivity index (χ3v) is 4.84. The van der Waals surface area contributed by atoms with Crippen LogP contribution in [0.3, 0.4) is 0 Å². The number of carbonyl (C=O) groups excluding carboxylic acids is 3. The van der Waals surface area contributed by atoms with Crippen LogP contribution in [-0.2, 0) is 22.4 Å². The lowest BCUT2D eigenvalue weighted by Crippen LogP contribution is -2.46. The molecular formula is C17H19N5O3S. The lowest BCUT2D eigenvalue weighted by atomic mass is 10.1. The van der Waals surface area contributed by atoms with Gasteiger partial charge < -0.3 is 16.4 Å². The molecule has 1 aliphatic rings. The zero-order valence-corrected chi connectivity index (χ0v) is 14.8. The normalized spacial score (nSPS) is 14.8. The van der Waals surface area contributed by atoms with Crippen molar-refractivity contribution >= 4 is 34.3 Å². The summed E-state index contributed by atoms with van der Waals surface area (Å²) >= 11 is 1.30. The average molecular weight is 373 g/mol. The minimum atomic E-state index is -0.785. The highest BCUT2D eigenvalue weighted by Gasteiger charge is 2.24. The van der Waals surface area contributed by atoms with Crippen molar-refractivity contribution in [2.24, 2.45) is 5.73 Å². The largest absolute Gasteiger partial charge is 0.368 e. The highest BCUT2D eigenvalue weighted by atomic mass is 32.1. The smallest absolute Gasteiger partial charge is 0.323 e. The maximum absolute atomic E-state index is 12.3. The molecule has 2 heterocycles. The number of hydrogen-bond acceptors (Lipinski definition) is 5. The number of nitrogens with zero attached hydrogens (tertiary/aromatic N) is 2. The van der Waals surface area contributed by atoms with Crippen LogP contribution in [-0.4, -0.2) is 42.0 Å². The van der Waals surface area contributed by atoms with E-state index in [0.29, 0.717) is 30.3 Å². The number of primary amides is 1. The van der Waals surface area contributed by atoms with Crippen LogP contribution in [0.15, 0.2) is 35.7 Å². The Bertz CT molecular complexity index is 808. The fourth-order valence-electron chi connectivity index (χ4n) is 2.64. The fourth-order valence-corrected chi connectivity index (χ4v) is 3.49. The van der Waals surface area contributed by atoms with Crippen LogP contribution in [0.2, 0.25) is 0 Å². The molecule has 136 valence electrons. The second-order valence-corrected chi connectivity index (χ2v) is 6.73. The number of rotatable bonds is 7. The van der Waals surface area contributed by atoms with Crippen molar-refractivity contribution in [2.75, 3.05) is 18.0 Å². The summed E-state index contributed by atoms with van der Waals surface area (Å²) in [6.45, 7) is 1.13. The topological polar surface area (TPSA) is 117 Å². The molecule has 1 atom stereocenters. The number of thiazole rings is 1. The molecule has 26 heavy (non-hydrogen) atoms. The van der Waals surface area contributed by atoms with E-state index in [2.05, 4.69) is 15.6 Å². The summed E-state index contributed by atoms with van der Waals surface area (Å²) in [6, 6.07) is 8.37. The SMILES string of the molecule is NC(=O)C(Cc1ccccc1)NC(=O)Cc1csc(N2CCNC2=O)n1. The summed E-state index contributed by atoms with van der Waals surface area (Å²) in [7, 11) is 0. The van der Waals surface area contributed by atoms with Crippen molar-refractivity contribution in [2.45, 2.75) is 18.9 Å². The van der Waals surface area contributed by atoms with Gasteiger partial charge in [-0.3, -0.25) is 14.5 Å². The zero-order valence-electron chi connectivity index (χ0n) is 14.0. The molecule has 0 bridgehead atoms. The Labute approximate surface area is 154 Å². The van der Waals surface area contributed by atoms with Gasteiger partial charge in [0.05, 0.1) is 12.1 Å². The first-order valence-electron chi connectivity index (χ1n) is 8.15. The first-order valence-corrected chi connectivity index (χ1v) is 9.03. The molecule has 4 amide bonds. The molecule has 1 aliphatic heterocycles. The maximum atomic E-state index is 12.3. The van der Waals surface area contributed by atoms with E-state index in [9.17, 15) is 14.4 Å². The van der Waals surface area contributed by atoms with E-state index in [4.69, 9.17) is 5.73 Å². The number of anilines is 1. The molecule has 3 rings (SSSR count). The standard InChI is InChI=1S/C17H19N5O3S/c18-15(24)13(8-11-4-2-1-3-5-11)21-14(23)9-12-10-26-17(20-12)22-7-6-19-16(22)25/h1-5,10,13H,6-9H2,(H2,18,24)(H,19,25)(H,21,23). The highest BCUT2D eigenvalue weighted by Crippen LogP contribution is 2.22. The molecule has 1 unspecified atom stereocenters. The number of aromatic nitrogens is 1. The van der Waals surface area contributed by atoms with Crippen molar-refractivity contribution < 1.29 is 14.4 Å². The first kappa shape index (κ1) is 17.9. The molecule has 0 saturated carbocycles. The van der Waals surface area contributed by atoms with Crippen molar-refractivity contribution in [3.05, 3.63) is 47.0 Å². The van der Waals surface area contributed by atoms with Crippen LogP contribution >= 0.6 is 11.3 Å². The summed E-state index contributed by atoms with van der Waals surface area (Å²) in [5, 5.41) is 7.65. The van der Waals surface area contributed by atoms with E-state index >= 15 is 0 Å². The molecule has 1 aromatic carbocycles. The van der Waals surface area contributed by atoms with Gasteiger partial charge in [-0.2, -0.15) is 0 Å². The third-order valence-electron chi connectivity index (χ3n) is 3.93. The third kappa shape index (κ3) is 4.37. The minimum absolute atomic E-state index is 0.0184. The Kier molecular flexibility index (Phi) is 5.47. The Morgan fingerprint density at radius 1 is 1.35 bits per heavy atom. The van der Waals surface area contributed by atoms with Crippen molar-refractivity contribution in [1.82, 2.24) is 15.6 Å². The number of urea groups is 1. The quantitative estimate of drug-likeness (QED) is 0.652. The van der Waals surface area contributed by atoms with Crippen molar-refractivity contribution in [3.8, 4) is 0 Å². The Morgan fingerprint density at radius 3 is 2.77 bits per heavy atom. The Morgan fingerprint density at radius 2 is 2.12 bits per heavy atom. The Hall–Kier alpha value is -2.94. The van der Waals surface area contributed by atoms with Gasteiger partial charge in [0.2, 0.25) is 11.8 Å². The van der Waals surface area contributed by atoms with E-state index in [0.717, 1.165) is 5.56 Å². The molecule has 2 aromatic rings. The molecule has 0 spiro atoms. The number of benzene rings is 1. The van der Waals surface area contributed by atoms with Crippen molar-refractivity contribution in [1.29, 1.82) is 0 Å². The van der Waals surface area contributed by atoms with E-state index in [1.165, 1.54) is 16.2 Å². The lowest BCUT2D eigenvalue weighted by Gasteiger charge is -2.15. The molecule has 0 aliphatic carbocycles. The number of nitrogens with one attached hydrogen (secondary N) is 2. The van der Waals surface area contributed by atoms with Crippen LogP contribution in [0.25, 0.3) is 0 Å².